The van der Waals surface area contributed by atoms with Crippen LogP contribution in [0.25, 0.3) is 0 Å². The number of thiophene rings is 1. The molecule has 0 aliphatic heterocycles. The summed E-state index contributed by atoms with van der Waals surface area (Å²) >= 11 is 16.7. The molecule has 0 bridgehead atoms. The van der Waals surface area contributed by atoms with E-state index in [1.54, 1.807) is 18.2 Å². The van der Waals surface area contributed by atoms with Crippen LogP contribution in [0.1, 0.15) is 16.5 Å². The van der Waals surface area contributed by atoms with Gasteiger partial charge in [-0.1, -0.05) is 23.2 Å². The van der Waals surface area contributed by atoms with Gasteiger partial charge in [0.25, 0.3) is 0 Å². The molecule has 1 N–H and O–H groups in total. The van der Waals surface area contributed by atoms with Gasteiger partial charge >= 0.3 is 0 Å². The number of hydrogen-bond donors (Lipinski definition) is 1. The van der Waals surface area contributed by atoms with E-state index < -0.39 is 6.10 Å². The normalized spacial score (nSPS) is 12.8. The summed E-state index contributed by atoms with van der Waals surface area (Å²) in [4.78, 5) is 0.830. The van der Waals surface area contributed by atoms with Crippen molar-refractivity contribution in [3.8, 4) is 0 Å². The second kappa shape index (κ2) is 5.07. The van der Waals surface area contributed by atoms with Crippen molar-refractivity contribution in [1.29, 1.82) is 0 Å². The van der Waals surface area contributed by atoms with Gasteiger partial charge in [-0.2, -0.15) is 0 Å². The third-order valence-corrected chi connectivity index (χ3v) is 4.44. The van der Waals surface area contributed by atoms with Crippen molar-refractivity contribution in [3.63, 3.8) is 0 Å². The molecule has 0 spiro atoms. The van der Waals surface area contributed by atoms with E-state index in [0.717, 1.165) is 9.35 Å². The maximum Gasteiger partial charge on any atom is 0.115 e. The highest BCUT2D eigenvalue weighted by atomic mass is 79.9. The highest BCUT2D eigenvalue weighted by molar-refractivity contribution is 9.10. The molecule has 0 aliphatic rings. The monoisotopic (exact) mass is 336 g/mol. The molecule has 0 aliphatic carbocycles. The van der Waals surface area contributed by atoms with Gasteiger partial charge in [0.2, 0.25) is 0 Å². The fourth-order valence-electron chi connectivity index (χ4n) is 1.35. The Morgan fingerprint density at radius 1 is 1.25 bits per heavy atom. The molecule has 84 valence electrons. The minimum Gasteiger partial charge on any atom is -0.383 e. The molecule has 0 fully saturated rings. The van der Waals surface area contributed by atoms with Crippen LogP contribution in [0, 0.1) is 0 Å². The topological polar surface area (TPSA) is 20.2 Å². The first-order chi connectivity index (χ1) is 7.58. The number of rotatable bonds is 2. The predicted octanol–water partition coefficient (Wildman–Crippen LogP) is 4.90. The quantitative estimate of drug-likeness (QED) is 0.826. The molecule has 2 aromatic rings. The molecule has 0 amide bonds. The second-order valence-electron chi connectivity index (χ2n) is 3.24. The van der Waals surface area contributed by atoms with Gasteiger partial charge < -0.3 is 5.11 Å². The molecular formula is C11H7BrCl2OS. The molecule has 0 saturated heterocycles. The molecule has 0 radical (unpaired) electrons. The minimum absolute atomic E-state index is 0.515. The summed E-state index contributed by atoms with van der Waals surface area (Å²) in [6, 6.07) is 6.93. The van der Waals surface area contributed by atoms with Gasteiger partial charge in [-0.3, -0.25) is 0 Å². The van der Waals surface area contributed by atoms with Crippen LogP contribution in [0.2, 0.25) is 10.0 Å². The van der Waals surface area contributed by atoms with Crippen molar-refractivity contribution >= 4 is 50.5 Å². The minimum atomic E-state index is -0.734. The number of halogens is 3. The summed E-state index contributed by atoms with van der Waals surface area (Å²) < 4.78 is 0.949. The molecule has 1 unspecified atom stereocenters. The Morgan fingerprint density at radius 2 is 2.00 bits per heavy atom. The van der Waals surface area contributed by atoms with Gasteiger partial charge in [-0.05, 0) is 40.2 Å². The van der Waals surface area contributed by atoms with E-state index in [9.17, 15) is 5.11 Å². The smallest absolute Gasteiger partial charge is 0.115 e. The number of hydrogen-bond acceptors (Lipinski definition) is 2. The van der Waals surface area contributed by atoms with E-state index in [0.29, 0.717) is 15.6 Å². The molecular weight excluding hydrogens is 331 g/mol. The zero-order chi connectivity index (χ0) is 11.7. The Balaban J connectivity index is 2.40. The molecule has 2 rings (SSSR count). The first-order valence-electron chi connectivity index (χ1n) is 4.45. The van der Waals surface area contributed by atoms with Crippen molar-refractivity contribution < 1.29 is 5.11 Å². The van der Waals surface area contributed by atoms with Crippen molar-refractivity contribution in [3.05, 3.63) is 54.6 Å². The van der Waals surface area contributed by atoms with E-state index in [4.69, 9.17) is 23.2 Å². The summed E-state index contributed by atoms with van der Waals surface area (Å²) in [5.74, 6) is 0. The maximum absolute atomic E-state index is 10.2. The highest BCUT2D eigenvalue weighted by Gasteiger charge is 2.16. The summed E-state index contributed by atoms with van der Waals surface area (Å²) in [6.45, 7) is 0. The molecule has 1 aromatic heterocycles. The Morgan fingerprint density at radius 3 is 2.62 bits per heavy atom. The maximum atomic E-state index is 10.2. The average Bonchev–Trinajstić information content (AvgIpc) is 2.67. The van der Waals surface area contributed by atoms with E-state index in [1.807, 2.05) is 11.4 Å². The first-order valence-corrected chi connectivity index (χ1v) is 6.87. The van der Waals surface area contributed by atoms with Gasteiger partial charge in [0, 0.05) is 30.3 Å². The van der Waals surface area contributed by atoms with Crippen LogP contribution in [0.15, 0.2) is 34.1 Å². The van der Waals surface area contributed by atoms with E-state index in [2.05, 4.69) is 15.9 Å². The summed E-state index contributed by atoms with van der Waals surface area (Å²) in [6.07, 6.45) is -0.734. The molecule has 1 nitrogen and oxygen atoms in total. The Bertz CT molecular complexity index is 512. The Labute approximate surface area is 116 Å². The molecule has 5 heteroatoms. The number of aliphatic hydroxyl groups is 1. The standard InChI is InChI=1S/C11H7BrCl2OS/c12-6-3-10(16-5-6)11(15)8-4-7(13)1-2-9(8)14/h1-5,11,15H. The van der Waals surface area contributed by atoms with Crippen LogP contribution in [-0.4, -0.2) is 5.11 Å². The van der Waals surface area contributed by atoms with Crippen LogP contribution in [0.3, 0.4) is 0 Å². The lowest BCUT2D eigenvalue weighted by Gasteiger charge is -2.11. The fraction of sp³-hybridized carbons (Fsp3) is 0.0909. The lowest BCUT2D eigenvalue weighted by atomic mass is 10.1. The van der Waals surface area contributed by atoms with Gasteiger partial charge in [0.1, 0.15) is 6.10 Å². The molecule has 1 atom stereocenters. The number of aliphatic hydroxyl groups excluding tert-OH is 1. The zero-order valence-electron chi connectivity index (χ0n) is 7.95. The second-order valence-corrected chi connectivity index (χ2v) is 5.94. The van der Waals surface area contributed by atoms with Gasteiger partial charge in [-0.25, -0.2) is 0 Å². The lowest BCUT2D eigenvalue weighted by Crippen LogP contribution is -1.97. The average molecular weight is 338 g/mol. The summed E-state index contributed by atoms with van der Waals surface area (Å²) in [7, 11) is 0. The third kappa shape index (κ3) is 2.60. The van der Waals surface area contributed by atoms with Gasteiger partial charge in [0.15, 0.2) is 0 Å². The van der Waals surface area contributed by atoms with E-state index >= 15 is 0 Å². The molecule has 1 aromatic carbocycles. The molecule has 16 heavy (non-hydrogen) atoms. The summed E-state index contributed by atoms with van der Waals surface area (Å²) in [5, 5.41) is 13.1. The third-order valence-electron chi connectivity index (χ3n) is 2.11. The lowest BCUT2D eigenvalue weighted by molar-refractivity contribution is 0.224. The SMILES string of the molecule is OC(c1cc(Br)cs1)c1cc(Cl)ccc1Cl. The van der Waals surface area contributed by atoms with Crippen LogP contribution < -0.4 is 0 Å². The fourth-order valence-corrected chi connectivity index (χ4v) is 3.20. The van der Waals surface area contributed by atoms with Crippen molar-refractivity contribution in [2.75, 3.05) is 0 Å². The Hall–Kier alpha value is -0.0600. The predicted molar refractivity (Wildman–Crippen MR) is 72.5 cm³/mol. The molecule has 1 heterocycles. The van der Waals surface area contributed by atoms with Crippen molar-refractivity contribution in [1.82, 2.24) is 0 Å². The first kappa shape index (κ1) is 12.4. The highest BCUT2D eigenvalue weighted by Crippen LogP contribution is 2.34. The van der Waals surface area contributed by atoms with Crippen LogP contribution >= 0.6 is 50.5 Å². The van der Waals surface area contributed by atoms with E-state index in [-0.39, 0.29) is 0 Å². The van der Waals surface area contributed by atoms with Gasteiger partial charge in [-0.15, -0.1) is 11.3 Å². The van der Waals surface area contributed by atoms with Crippen LogP contribution in [-0.2, 0) is 0 Å². The zero-order valence-corrected chi connectivity index (χ0v) is 11.9. The number of benzene rings is 1. The van der Waals surface area contributed by atoms with Crippen LogP contribution in [0.4, 0.5) is 0 Å². The largest absolute Gasteiger partial charge is 0.383 e. The summed E-state index contributed by atoms with van der Waals surface area (Å²) in [5.41, 5.74) is 0.628. The van der Waals surface area contributed by atoms with Crippen molar-refractivity contribution in [2.45, 2.75) is 6.10 Å². The molecule has 0 saturated carbocycles. The van der Waals surface area contributed by atoms with Crippen LogP contribution in [0.5, 0.6) is 0 Å². The Kier molecular flexibility index (Phi) is 3.93. The van der Waals surface area contributed by atoms with Gasteiger partial charge in [0.05, 0.1) is 0 Å². The van der Waals surface area contributed by atoms with Crippen molar-refractivity contribution in [2.24, 2.45) is 0 Å². The van der Waals surface area contributed by atoms with E-state index in [1.165, 1.54) is 11.3 Å².